The lowest BCUT2D eigenvalue weighted by Gasteiger charge is -2.20. The SMILES string of the molecule is Cc1cc2c(O)c(c1)Cc1cc3cc(c1O)Cc1cc(C)cc(c1O)Cc1cc(cc(c1O)C2)NC(=O)c1ccc(cc1)-c1ccccc1-c1c2nc(c(-c4ccccc4)c4ccc([nH]4)c(c4nc(c(-c5ccccc5)c5ccc1[nH]5)C=C4)-c1ccccc1-c1ccc(cc1)C(=O)N3)C=C2. The summed E-state index contributed by atoms with van der Waals surface area (Å²) in [7, 11) is 0. The van der Waals surface area contributed by atoms with Gasteiger partial charge in [-0.3, -0.25) is 9.59 Å². The molecule has 12 nitrogen and oxygen atoms in total. The number of rotatable bonds is 2. The normalized spacial score (nSPS) is 13.0. The van der Waals surface area contributed by atoms with Gasteiger partial charge in [0, 0.05) is 115 Å². The van der Waals surface area contributed by atoms with Crippen molar-refractivity contribution in [1.82, 2.24) is 19.9 Å². The monoisotopic (exact) mass is 1300 g/mol. The molecule has 10 aromatic carbocycles. The van der Waals surface area contributed by atoms with Crippen LogP contribution in [0.5, 0.6) is 23.0 Å². The van der Waals surface area contributed by atoms with E-state index in [0.29, 0.717) is 67.0 Å². The number of H-pyrrole nitrogens is 2. The molecule has 0 saturated heterocycles. The van der Waals surface area contributed by atoms with Crippen molar-refractivity contribution in [1.29, 1.82) is 0 Å². The minimum Gasteiger partial charge on any atom is -0.507 e. The quantitative estimate of drug-likeness (QED) is 0.0783. The Labute approximate surface area is 576 Å². The number of aromatic nitrogens is 4. The first-order chi connectivity index (χ1) is 48.8. The number of hydrogen-bond donors (Lipinski definition) is 8. The minimum atomic E-state index is -0.390. The van der Waals surface area contributed by atoms with Crippen LogP contribution in [0.25, 0.3) is 113 Å². The second-order valence-electron chi connectivity index (χ2n) is 26.2. The van der Waals surface area contributed by atoms with E-state index in [4.69, 9.17) is 9.97 Å². The highest BCUT2D eigenvalue weighted by atomic mass is 16.3. The molecule has 23 rings (SSSR count). The van der Waals surface area contributed by atoms with Gasteiger partial charge in [0.2, 0.25) is 0 Å². The predicted molar refractivity (Wildman–Crippen MR) is 401 cm³/mol. The molecule has 13 aromatic rings. The molecule has 482 valence electrons. The lowest BCUT2D eigenvalue weighted by Crippen LogP contribution is -2.13. The Bertz CT molecular complexity index is 5370. The highest BCUT2D eigenvalue weighted by Crippen LogP contribution is 2.45. The van der Waals surface area contributed by atoms with Crippen LogP contribution < -0.4 is 10.6 Å². The molecule has 0 fully saturated rings. The van der Waals surface area contributed by atoms with Gasteiger partial charge in [0.25, 0.3) is 11.8 Å². The molecule has 10 aliphatic rings. The first-order valence-electron chi connectivity index (χ1n) is 33.4. The van der Waals surface area contributed by atoms with Gasteiger partial charge in [0.15, 0.2) is 0 Å². The highest BCUT2D eigenvalue weighted by Gasteiger charge is 2.26. The van der Waals surface area contributed by atoms with Crippen LogP contribution in [0.1, 0.15) is 99.1 Å². The van der Waals surface area contributed by atoms with Gasteiger partial charge in [0.05, 0.1) is 22.8 Å². The maximum absolute atomic E-state index is 14.8. The molecule has 9 aliphatic heterocycles. The smallest absolute Gasteiger partial charge is 0.255 e. The van der Waals surface area contributed by atoms with Crippen molar-refractivity contribution in [3.63, 3.8) is 0 Å². The molecule has 0 unspecified atom stereocenters. The van der Waals surface area contributed by atoms with Gasteiger partial charge in [-0.25, -0.2) is 9.97 Å². The number of aryl methyl sites for hydroxylation is 2. The molecule has 0 radical (unpaired) electrons. The van der Waals surface area contributed by atoms with Gasteiger partial charge in [0.1, 0.15) is 23.0 Å². The Morgan fingerprint density at radius 2 is 0.560 bits per heavy atom. The summed E-state index contributed by atoms with van der Waals surface area (Å²) in [4.78, 5) is 48.6. The predicted octanol–water partition coefficient (Wildman–Crippen LogP) is 19.6. The van der Waals surface area contributed by atoms with Gasteiger partial charge in [-0.15, -0.1) is 0 Å². The van der Waals surface area contributed by atoms with Crippen molar-refractivity contribution in [2.45, 2.75) is 39.5 Å². The molecule has 0 spiro atoms. The zero-order valence-electron chi connectivity index (χ0n) is 54.6. The Kier molecular flexibility index (Phi) is 14.9. The third-order valence-electron chi connectivity index (χ3n) is 19.6. The molecule has 1 aliphatic carbocycles. The van der Waals surface area contributed by atoms with Crippen LogP contribution in [0.4, 0.5) is 11.4 Å². The summed E-state index contributed by atoms with van der Waals surface area (Å²) >= 11 is 0. The van der Waals surface area contributed by atoms with E-state index in [-0.39, 0.29) is 48.7 Å². The minimum absolute atomic E-state index is 0.0283. The summed E-state index contributed by atoms with van der Waals surface area (Å²) in [5, 5.41) is 55.6. The number of fused-ring (bicyclic) bond motifs is 4. The molecule has 8 N–H and O–H groups in total. The Hall–Kier alpha value is -13.1. The van der Waals surface area contributed by atoms with E-state index in [1.807, 2.05) is 147 Å². The first-order valence-corrected chi connectivity index (χ1v) is 33.4. The van der Waals surface area contributed by atoms with Crippen molar-refractivity contribution in [3.05, 3.63) is 320 Å². The molecule has 0 atom stereocenters. The van der Waals surface area contributed by atoms with Crippen molar-refractivity contribution in [3.8, 4) is 89.8 Å². The van der Waals surface area contributed by atoms with E-state index < -0.39 is 11.8 Å². The number of hydrogen-bond acceptors (Lipinski definition) is 8. The molecule has 100 heavy (non-hydrogen) atoms. The number of carbonyl (C=O) groups excluding carboxylic acids is 2. The van der Waals surface area contributed by atoms with Crippen LogP contribution in [0.15, 0.2) is 231 Å². The van der Waals surface area contributed by atoms with E-state index >= 15 is 0 Å². The summed E-state index contributed by atoms with van der Waals surface area (Å²) in [6, 6.07) is 75.0. The number of nitrogens with zero attached hydrogens (tertiary/aromatic N) is 2. The lowest BCUT2D eigenvalue weighted by molar-refractivity contribution is 0.101. The van der Waals surface area contributed by atoms with Crippen LogP contribution in [0.3, 0.4) is 0 Å². The summed E-state index contributed by atoms with van der Waals surface area (Å²) in [5.41, 5.74) is 24.1. The Morgan fingerprint density at radius 1 is 0.290 bits per heavy atom. The second kappa shape index (κ2) is 24.5. The van der Waals surface area contributed by atoms with Crippen LogP contribution in [0.2, 0.25) is 0 Å². The van der Waals surface area contributed by atoms with E-state index in [1.54, 1.807) is 24.3 Å². The van der Waals surface area contributed by atoms with Gasteiger partial charge in [-0.05, 0) is 178 Å². The largest absolute Gasteiger partial charge is 0.507 e. The van der Waals surface area contributed by atoms with E-state index in [0.717, 1.165) is 123 Å². The molecular formula is C88H64N6O6. The first kappa shape index (κ1) is 60.6. The lowest BCUT2D eigenvalue weighted by atomic mass is 9.89. The number of carbonyl (C=O) groups is 2. The molecule has 3 aromatic heterocycles. The highest BCUT2D eigenvalue weighted by molar-refractivity contribution is 6.07. The molecule has 2 amide bonds. The fourth-order valence-corrected chi connectivity index (χ4v) is 14.9. The topological polar surface area (TPSA) is 196 Å². The fourth-order valence-electron chi connectivity index (χ4n) is 14.9. The van der Waals surface area contributed by atoms with Crippen LogP contribution >= 0.6 is 0 Å². The number of phenolic OH excluding ortho intramolecular Hbond substituents is 4. The standard InChI is InChI=1S/C88H64N6O6/c1-49-37-57-41-61-45-65-47-63(85(61)97)43-59-39-50(2)40-60(84(59)96)44-64-48-66(46-62(86(64)98)42-58(38-49)83(57)95)90-88(100)56-27-23-52(24-28-56)68-18-10-12-20-70(68)82-76-34-30-72(92-76)79(53-13-5-3-6-14-53)71-29-33-75(91-71)81(69-19-11-9-17-67(69)51-21-25-55(26-22-51)87(99)89-65)77-35-31-73(93-77)80(54-15-7-4-8-16-54)74-32-36-78(82)94-74/h3-40,45-48,91,94-98H,41-44H2,1-2H3,(H,89,99)(H,90,100). The number of aromatic hydroxyl groups is 4. The zero-order valence-corrected chi connectivity index (χ0v) is 54.6. The Morgan fingerprint density at radius 3 is 0.890 bits per heavy atom. The van der Waals surface area contributed by atoms with Crippen LogP contribution in [0, 0.1) is 13.8 Å². The van der Waals surface area contributed by atoms with E-state index in [9.17, 15) is 30.0 Å². The summed E-state index contributed by atoms with van der Waals surface area (Å²) in [6.07, 6.45) is 8.57. The van der Waals surface area contributed by atoms with Gasteiger partial charge in [-0.1, -0.05) is 169 Å². The molecule has 0 saturated carbocycles. The third-order valence-corrected chi connectivity index (χ3v) is 19.6. The summed E-state index contributed by atoms with van der Waals surface area (Å²) in [6.45, 7) is 3.84. The number of nitrogens with one attached hydrogen (secondary N) is 4. The van der Waals surface area contributed by atoms with Gasteiger partial charge >= 0.3 is 0 Å². The van der Waals surface area contributed by atoms with Crippen molar-refractivity contribution < 1.29 is 30.0 Å². The average Bonchev–Trinajstić information content (AvgIpc) is 1.65. The Balaban J connectivity index is 0.915. The van der Waals surface area contributed by atoms with Crippen molar-refractivity contribution in [2.75, 3.05) is 10.6 Å². The molecule has 12 heterocycles. The summed E-state index contributed by atoms with van der Waals surface area (Å²) < 4.78 is 0. The average molecular weight is 1300 g/mol. The van der Waals surface area contributed by atoms with Crippen LogP contribution in [-0.2, 0) is 25.7 Å². The van der Waals surface area contributed by atoms with E-state index in [1.165, 1.54) is 0 Å². The van der Waals surface area contributed by atoms with Gasteiger partial charge in [-0.2, -0.15) is 0 Å². The third kappa shape index (κ3) is 11.0. The second-order valence-corrected chi connectivity index (χ2v) is 26.2. The molecule has 12 heteroatoms. The van der Waals surface area contributed by atoms with Crippen molar-refractivity contribution >= 4 is 69.6 Å². The zero-order chi connectivity index (χ0) is 67.9. The van der Waals surface area contributed by atoms with Crippen molar-refractivity contribution in [2.24, 2.45) is 0 Å². The number of anilines is 2. The van der Waals surface area contributed by atoms with Gasteiger partial charge < -0.3 is 41.0 Å². The number of aromatic amines is 2. The maximum Gasteiger partial charge on any atom is 0.255 e. The number of benzene rings is 10. The number of phenols is 4. The molecular weight excluding hydrogens is 1240 g/mol. The maximum atomic E-state index is 14.8. The number of amides is 2. The fraction of sp³-hybridized carbons (Fsp3) is 0.0682. The molecule has 24 bridgehead atoms. The van der Waals surface area contributed by atoms with Crippen LogP contribution in [-0.4, -0.2) is 52.2 Å². The van der Waals surface area contributed by atoms with E-state index in [2.05, 4.69) is 118 Å². The summed E-state index contributed by atoms with van der Waals surface area (Å²) in [5.74, 6) is -0.925.